The highest BCUT2D eigenvalue weighted by molar-refractivity contribution is 5.98. The van der Waals surface area contributed by atoms with Crippen molar-refractivity contribution < 1.29 is 14.7 Å². The molecule has 2 fully saturated rings. The summed E-state index contributed by atoms with van der Waals surface area (Å²) in [6.45, 7) is 4.11. The lowest BCUT2D eigenvalue weighted by Gasteiger charge is -2.35. The van der Waals surface area contributed by atoms with E-state index in [9.17, 15) is 14.7 Å². The van der Waals surface area contributed by atoms with Crippen LogP contribution < -0.4 is 15.5 Å². The summed E-state index contributed by atoms with van der Waals surface area (Å²) in [4.78, 5) is 32.3. The number of nitrogens with zero attached hydrogens (tertiary/aromatic N) is 3. The maximum absolute atomic E-state index is 12.6. The second-order valence-electron chi connectivity index (χ2n) is 6.49. The van der Waals surface area contributed by atoms with Gasteiger partial charge in [0, 0.05) is 45.3 Å². The molecule has 0 bridgehead atoms. The van der Waals surface area contributed by atoms with E-state index in [1.54, 1.807) is 11.1 Å². The summed E-state index contributed by atoms with van der Waals surface area (Å²) in [7, 11) is 0. The van der Waals surface area contributed by atoms with Crippen molar-refractivity contribution in [1.29, 1.82) is 0 Å². The molecule has 0 aliphatic carbocycles. The van der Waals surface area contributed by atoms with Gasteiger partial charge in [-0.05, 0) is 18.1 Å². The van der Waals surface area contributed by atoms with Crippen molar-refractivity contribution in [3.05, 3.63) is 23.4 Å². The SMILES string of the molecule is O=C1CCC(N2Cc3cc(N4CCNCC4)ncc3C2=O)C(O)N1. The molecule has 0 spiro atoms. The highest BCUT2D eigenvalue weighted by Gasteiger charge is 2.39. The van der Waals surface area contributed by atoms with Gasteiger partial charge >= 0.3 is 0 Å². The number of hydrogen-bond donors (Lipinski definition) is 3. The molecule has 2 amide bonds. The maximum Gasteiger partial charge on any atom is 0.256 e. The van der Waals surface area contributed by atoms with Crippen LogP contribution in [0.5, 0.6) is 0 Å². The Morgan fingerprint density at radius 1 is 1.25 bits per heavy atom. The van der Waals surface area contributed by atoms with E-state index in [1.807, 2.05) is 6.07 Å². The molecule has 3 aliphatic rings. The lowest BCUT2D eigenvalue weighted by atomic mass is 10.0. The Kier molecular flexibility index (Phi) is 3.85. The van der Waals surface area contributed by atoms with Crippen molar-refractivity contribution in [3.63, 3.8) is 0 Å². The van der Waals surface area contributed by atoms with Crippen LogP contribution in [0.25, 0.3) is 0 Å². The summed E-state index contributed by atoms with van der Waals surface area (Å²) in [6.07, 6.45) is 1.44. The van der Waals surface area contributed by atoms with Crippen molar-refractivity contribution >= 4 is 17.6 Å². The molecule has 1 aromatic rings. The molecule has 2 saturated heterocycles. The number of piperidine rings is 1. The molecular weight excluding hydrogens is 310 g/mol. The maximum atomic E-state index is 12.6. The minimum Gasteiger partial charge on any atom is -0.372 e. The second kappa shape index (κ2) is 6.03. The molecule has 0 aromatic carbocycles. The van der Waals surface area contributed by atoms with Gasteiger partial charge in [0.1, 0.15) is 12.0 Å². The molecule has 0 radical (unpaired) electrons. The first-order valence-corrected chi connectivity index (χ1v) is 8.36. The molecule has 2 atom stereocenters. The van der Waals surface area contributed by atoms with Crippen molar-refractivity contribution in [2.75, 3.05) is 31.1 Å². The average Bonchev–Trinajstić information content (AvgIpc) is 2.92. The Morgan fingerprint density at radius 2 is 2.04 bits per heavy atom. The highest BCUT2D eigenvalue weighted by atomic mass is 16.3. The van der Waals surface area contributed by atoms with Crippen LogP contribution in [0.2, 0.25) is 0 Å². The fourth-order valence-corrected chi connectivity index (χ4v) is 3.65. The van der Waals surface area contributed by atoms with E-state index in [0.29, 0.717) is 24.9 Å². The number of nitrogens with one attached hydrogen (secondary N) is 2. The zero-order valence-electron chi connectivity index (χ0n) is 13.4. The van der Waals surface area contributed by atoms with Gasteiger partial charge in [-0.15, -0.1) is 0 Å². The number of carbonyl (C=O) groups is 2. The summed E-state index contributed by atoms with van der Waals surface area (Å²) in [6, 6.07) is 1.59. The Hall–Kier alpha value is -2.19. The number of carbonyl (C=O) groups excluding carboxylic acids is 2. The molecule has 2 unspecified atom stereocenters. The number of aliphatic hydroxyl groups is 1. The molecule has 3 aliphatic heterocycles. The summed E-state index contributed by atoms with van der Waals surface area (Å²) in [5.74, 6) is 0.595. The van der Waals surface area contributed by atoms with Gasteiger partial charge < -0.3 is 25.5 Å². The van der Waals surface area contributed by atoms with Crippen LogP contribution in [0.4, 0.5) is 5.82 Å². The normalized spacial score (nSPS) is 27.2. The summed E-state index contributed by atoms with van der Waals surface area (Å²) in [5, 5.41) is 15.9. The molecule has 4 heterocycles. The quantitative estimate of drug-likeness (QED) is 0.646. The van der Waals surface area contributed by atoms with Crippen molar-refractivity contribution in [2.45, 2.75) is 31.7 Å². The molecule has 1 aromatic heterocycles. The standard InChI is InChI=1S/C16H21N5O3/c22-14-2-1-12(15(23)19-14)21-9-10-7-13(18-8-11(10)16(21)24)20-5-3-17-4-6-20/h7-8,12,15,17,23H,1-6,9H2,(H,19,22). The fourth-order valence-electron chi connectivity index (χ4n) is 3.65. The zero-order chi connectivity index (χ0) is 16.7. The second-order valence-corrected chi connectivity index (χ2v) is 6.49. The monoisotopic (exact) mass is 331 g/mol. The van der Waals surface area contributed by atoms with E-state index in [1.165, 1.54) is 0 Å². The Morgan fingerprint density at radius 3 is 2.79 bits per heavy atom. The zero-order valence-corrected chi connectivity index (χ0v) is 13.4. The topological polar surface area (TPSA) is 97.8 Å². The van der Waals surface area contributed by atoms with Crippen LogP contribution in [-0.2, 0) is 11.3 Å². The third kappa shape index (κ3) is 2.61. The minimum absolute atomic E-state index is 0.121. The van der Waals surface area contributed by atoms with Crippen LogP contribution >= 0.6 is 0 Å². The summed E-state index contributed by atoms with van der Waals surface area (Å²) < 4.78 is 0. The van der Waals surface area contributed by atoms with Gasteiger partial charge in [-0.1, -0.05) is 0 Å². The smallest absolute Gasteiger partial charge is 0.256 e. The van der Waals surface area contributed by atoms with Gasteiger partial charge in [0.15, 0.2) is 0 Å². The molecular formula is C16H21N5O3. The van der Waals surface area contributed by atoms with Crippen LogP contribution in [0, 0.1) is 0 Å². The van der Waals surface area contributed by atoms with E-state index in [4.69, 9.17) is 0 Å². The first-order valence-electron chi connectivity index (χ1n) is 8.36. The molecule has 8 heteroatoms. The van der Waals surface area contributed by atoms with Gasteiger partial charge in [-0.2, -0.15) is 0 Å². The average molecular weight is 331 g/mol. The van der Waals surface area contributed by atoms with Crippen LogP contribution in [0.3, 0.4) is 0 Å². The van der Waals surface area contributed by atoms with E-state index in [0.717, 1.165) is 37.6 Å². The number of anilines is 1. The summed E-state index contributed by atoms with van der Waals surface area (Å²) >= 11 is 0. The number of amides is 2. The van der Waals surface area contributed by atoms with Crippen LogP contribution in [0.1, 0.15) is 28.8 Å². The molecule has 8 nitrogen and oxygen atoms in total. The van der Waals surface area contributed by atoms with Crippen molar-refractivity contribution in [2.24, 2.45) is 0 Å². The van der Waals surface area contributed by atoms with Gasteiger partial charge in [-0.3, -0.25) is 9.59 Å². The molecule has 0 saturated carbocycles. The largest absolute Gasteiger partial charge is 0.372 e. The number of piperazine rings is 1. The van der Waals surface area contributed by atoms with Crippen LogP contribution in [-0.4, -0.2) is 65.3 Å². The van der Waals surface area contributed by atoms with Crippen molar-refractivity contribution in [3.8, 4) is 0 Å². The number of hydrogen-bond acceptors (Lipinski definition) is 6. The van der Waals surface area contributed by atoms with Gasteiger partial charge in [0.25, 0.3) is 5.91 Å². The molecule has 128 valence electrons. The Labute approximate surface area is 139 Å². The molecule has 3 N–H and O–H groups in total. The third-order valence-electron chi connectivity index (χ3n) is 4.99. The predicted octanol–water partition coefficient (Wildman–Crippen LogP) is -0.956. The van der Waals surface area contributed by atoms with E-state index < -0.39 is 6.23 Å². The third-order valence-corrected chi connectivity index (χ3v) is 4.99. The lowest BCUT2D eigenvalue weighted by molar-refractivity contribution is -0.129. The number of aliphatic hydroxyl groups excluding tert-OH is 1. The van der Waals surface area contributed by atoms with E-state index in [-0.39, 0.29) is 17.9 Å². The molecule has 4 rings (SSSR count). The number of pyridine rings is 1. The van der Waals surface area contributed by atoms with Gasteiger partial charge in [0.05, 0.1) is 11.6 Å². The number of aromatic nitrogens is 1. The highest BCUT2D eigenvalue weighted by Crippen LogP contribution is 2.30. The molecule has 24 heavy (non-hydrogen) atoms. The first kappa shape index (κ1) is 15.3. The first-order chi connectivity index (χ1) is 11.6. The van der Waals surface area contributed by atoms with E-state index in [2.05, 4.69) is 20.5 Å². The fraction of sp³-hybridized carbons (Fsp3) is 0.562. The lowest BCUT2D eigenvalue weighted by Crippen LogP contribution is -2.55. The van der Waals surface area contributed by atoms with Gasteiger partial charge in [-0.25, -0.2) is 4.98 Å². The van der Waals surface area contributed by atoms with Gasteiger partial charge in [0.2, 0.25) is 5.91 Å². The minimum atomic E-state index is -1.01. The van der Waals surface area contributed by atoms with Crippen molar-refractivity contribution in [1.82, 2.24) is 20.5 Å². The Balaban J connectivity index is 1.54. The van der Waals surface area contributed by atoms with E-state index >= 15 is 0 Å². The number of fused-ring (bicyclic) bond motifs is 1. The Bertz CT molecular complexity index is 674. The summed E-state index contributed by atoms with van der Waals surface area (Å²) in [5.41, 5.74) is 1.53. The predicted molar refractivity (Wildman–Crippen MR) is 86.4 cm³/mol. The number of rotatable bonds is 2. The van der Waals surface area contributed by atoms with Crippen LogP contribution in [0.15, 0.2) is 12.3 Å².